The summed E-state index contributed by atoms with van der Waals surface area (Å²) in [6.07, 6.45) is -3.11. The molecule has 0 aliphatic heterocycles. The monoisotopic (exact) mass is 446 g/mol. The Morgan fingerprint density at radius 1 is 0.750 bits per heavy atom. The van der Waals surface area contributed by atoms with Gasteiger partial charge < -0.3 is 21.1 Å². The van der Waals surface area contributed by atoms with E-state index < -0.39 is 11.7 Å². The molecule has 0 aliphatic carbocycles. The molecule has 1 aromatic heterocycles. The molecule has 2 aromatic carbocycles. The van der Waals surface area contributed by atoms with Crippen molar-refractivity contribution >= 4 is 17.8 Å². The van der Waals surface area contributed by atoms with E-state index in [0.29, 0.717) is 37.0 Å². The highest BCUT2D eigenvalue weighted by molar-refractivity contribution is 5.43. The molecule has 0 spiro atoms. The first-order valence-electron chi connectivity index (χ1n) is 10.2. The van der Waals surface area contributed by atoms with Crippen LogP contribution in [0, 0.1) is 0 Å². The summed E-state index contributed by atoms with van der Waals surface area (Å²) in [5, 5.41) is 18.1. The number of benzene rings is 2. The minimum Gasteiger partial charge on any atom is -0.396 e. The fourth-order valence-corrected chi connectivity index (χ4v) is 2.89. The molecule has 10 heteroatoms. The standard InChI is InChI=1S/C22H25F3N6O/c23-22(24,25)18-9-4-8-17(14-18)15-28-21-30-19(26-11-5-13-32)29-20(31-21)27-12-10-16-6-2-1-3-7-16/h1-4,6-9,14,32H,5,10-13,15H2,(H3,26,27,28,29,30,31). The third kappa shape index (κ3) is 7.38. The second-order valence-electron chi connectivity index (χ2n) is 7.02. The van der Waals surface area contributed by atoms with Gasteiger partial charge in [-0.15, -0.1) is 0 Å². The first kappa shape index (κ1) is 23.3. The molecule has 0 amide bonds. The SMILES string of the molecule is OCCCNc1nc(NCCc2ccccc2)nc(NCc2cccc(C(F)(F)F)c2)n1. The van der Waals surface area contributed by atoms with Gasteiger partial charge in [-0.05, 0) is 36.1 Å². The van der Waals surface area contributed by atoms with E-state index >= 15 is 0 Å². The van der Waals surface area contributed by atoms with E-state index in [0.717, 1.165) is 18.6 Å². The van der Waals surface area contributed by atoms with Crippen molar-refractivity contribution in [2.24, 2.45) is 0 Å². The van der Waals surface area contributed by atoms with Gasteiger partial charge in [0.15, 0.2) is 0 Å². The van der Waals surface area contributed by atoms with Gasteiger partial charge in [-0.1, -0.05) is 42.5 Å². The van der Waals surface area contributed by atoms with Crippen molar-refractivity contribution in [3.05, 3.63) is 71.3 Å². The van der Waals surface area contributed by atoms with Gasteiger partial charge in [-0.25, -0.2) is 0 Å². The Bertz CT molecular complexity index is 985. The van der Waals surface area contributed by atoms with Gasteiger partial charge in [-0.3, -0.25) is 0 Å². The summed E-state index contributed by atoms with van der Waals surface area (Å²) in [6, 6.07) is 15.0. The number of aliphatic hydroxyl groups excluding tert-OH is 1. The van der Waals surface area contributed by atoms with Crippen LogP contribution in [0.15, 0.2) is 54.6 Å². The summed E-state index contributed by atoms with van der Waals surface area (Å²) in [7, 11) is 0. The van der Waals surface area contributed by atoms with Crippen LogP contribution < -0.4 is 16.0 Å². The Morgan fingerprint density at radius 3 is 2.03 bits per heavy atom. The predicted molar refractivity (Wildman–Crippen MR) is 117 cm³/mol. The maximum atomic E-state index is 12.9. The Labute approximate surface area is 184 Å². The van der Waals surface area contributed by atoms with Crippen LogP contribution in [0.2, 0.25) is 0 Å². The van der Waals surface area contributed by atoms with Gasteiger partial charge in [0.25, 0.3) is 0 Å². The van der Waals surface area contributed by atoms with Crippen molar-refractivity contribution in [3.8, 4) is 0 Å². The van der Waals surface area contributed by atoms with Gasteiger partial charge in [0, 0.05) is 26.2 Å². The van der Waals surface area contributed by atoms with Gasteiger partial charge in [-0.2, -0.15) is 28.1 Å². The summed E-state index contributed by atoms with van der Waals surface area (Å²) < 4.78 is 38.8. The number of hydrogen-bond acceptors (Lipinski definition) is 7. The second-order valence-corrected chi connectivity index (χ2v) is 7.02. The number of halogens is 3. The number of aliphatic hydroxyl groups is 1. The number of anilines is 3. The Hall–Kier alpha value is -3.40. The molecule has 3 rings (SSSR count). The molecule has 4 N–H and O–H groups in total. The minimum atomic E-state index is -4.40. The summed E-state index contributed by atoms with van der Waals surface area (Å²) in [4.78, 5) is 12.9. The highest BCUT2D eigenvalue weighted by atomic mass is 19.4. The van der Waals surface area contributed by atoms with Crippen molar-refractivity contribution in [2.75, 3.05) is 35.6 Å². The number of aromatic nitrogens is 3. The van der Waals surface area contributed by atoms with Crippen LogP contribution in [-0.2, 0) is 19.1 Å². The van der Waals surface area contributed by atoms with E-state index in [-0.39, 0.29) is 19.1 Å². The van der Waals surface area contributed by atoms with Crippen molar-refractivity contribution in [3.63, 3.8) is 0 Å². The molecule has 0 unspecified atom stereocenters. The lowest BCUT2D eigenvalue weighted by molar-refractivity contribution is -0.137. The van der Waals surface area contributed by atoms with Gasteiger partial charge in [0.1, 0.15) is 0 Å². The topological polar surface area (TPSA) is 95.0 Å². The molecular weight excluding hydrogens is 421 g/mol. The van der Waals surface area contributed by atoms with Crippen LogP contribution in [0.4, 0.5) is 31.0 Å². The lowest BCUT2D eigenvalue weighted by Crippen LogP contribution is -2.15. The van der Waals surface area contributed by atoms with Crippen molar-refractivity contribution in [1.29, 1.82) is 0 Å². The van der Waals surface area contributed by atoms with Crippen LogP contribution >= 0.6 is 0 Å². The Kier molecular flexibility index (Phi) is 8.20. The van der Waals surface area contributed by atoms with Crippen LogP contribution in [0.25, 0.3) is 0 Å². The highest BCUT2D eigenvalue weighted by Gasteiger charge is 2.30. The zero-order chi connectivity index (χ0) is 22.8. The zero-order valence-corrected chi connectivity index (χ0v) is 17.4. The van der Waals surface area contributed by atoms with Crippen LogP contribution in [0.1, 0.15) is 23.1 Å². The van der Waals surface area contributed by atoms with E-state index in [1.807, 2.05) is 30.3 Å². The summed E-state index contributed by atoms with van der Waals surface area (Å²) in [5.74, 6) is 0.877. The van der Waals surface area contributed by atoms with Crippen molar-refractivity contribution in [2.45, 2.75) is 25.6 Å². The third-order valence-corrected chi connectivity index (χ3v) is 4.50. The van der Waals surface area contributed by atoms with E-state index in [9.17, 15) is 13.2 Å². The number of alkyl halides is 3. The average molecular weight is 446 g/mol. The summed E-state index contributed by atoms with van der Waals surface area (Å²) >= 11 is 0. The molecule has 0 aliphatic rings. The van der Waals surface area contributed by atoms with E-state index in [1.165, 1.54) is 11.6 Å². The Balaban J connectivity index is 1.67. The molecule has 0 bridgehead atoms. The van der Waals surface area contributed by atoms with Crippen molar-refractivity contribution < 1.29 is 18.3 Å². The van der Waals surface area contributed by atoms with E-state index in [4.69, 9.17) is 5.11 Å². The highest BCUT2D eigenvalue weighted by Crippen LogP contribution is 2.29. The fourth-order valence-electron chi connectivity index (χ4n) is 2.89. The van der Waals surface area contributed by atoms with Crippen LogP contribution in [0.3, 0.4) is 0 Å². The van der Waals surface area contributed by atoms with Crippen LogP contribution in [0.5, 0.6) is 0 Å². The largest absolute Gasteiger partial charge is 0.416 e. The molecule has 0 atom stereocenters. The number of nitrogens with zero attached hydrogens (tertiary/aromatic N) is 3. The minimum absolute atomic E-state index is 0.0287. The first-order valence-corrected chi connectivity index (χ1v) is 10.2. The molecule has 1 heterocycles. The number of hydrogen-bond donors (Lipinski definition) is 4. The van der Waals surface area contributed by atoms with Gasteiger partial charge in [0.05, 0.1) is 5.56 Å². The molecule has 0 saturated heterocycles. The average Bonchev–Trinajstić information content (AvgIpc) is 2.78. The lowest BCUT2D eigenvalue weighted by Gasteiger charge is -2.12. The maximum absolute atomic E-state index is 12.9. The summed E-state index contributed by atoms with van der Waals surface area (Å²) in [5.41, 5.74) is 0.911. The molecule has 7 nitrogen and oxygen atoms in total. The Morgan fingerprint density at radius 2 is 1.38 bits per heavy atom. The summed E-state index contributed by atoms with van der Waals surface area (Å²) in [6.45, 7) is 1.21. The smallest absolute Gasteiger partial charge is 0.396 e. The van der Waals surface area contributed by atoms with Gasteiger partial charge >= 0.3 is 6.18 Å². The zero-order valence-electron chi connectivity index (χ0n) is 17.4. The molecule has 32 heavy (non-hydrogen) atoms. The molecular formula is C22H25F3N6O. The van der Waals surface area contributed by atoms with Gasteiger partial charge in [0.2, 0.25) is 17.8 Å². The molecule has 0 radical (unpaired) electrons. The van der Waals surface area contributed by atoms with Crippen LogP contribution in [-0.4, -0.2) is 39.8 Å². The normalized spacial score (nSPS) is 11.2. The first-order chi connectivity index (χ1) is 15.4. The molecule has 170 valence electrons. The molecule has 3 aromatic rings. The quantitative estimate of drug-likeness (QED) is 0.331. The van der Waals surface area contributed by atoms with E-state index in [2.05, 4.69) is 30.9 Å². The predicted octanol–water partition coefficient (Wildman–Crippen LogP) is 3.95. The maximum Gasteiger partial charge on any atom is 0.416 e. The number of rotatable bonds is 11. The molecule has 0 fully saturated rings. The number of nitrogens with one attached hydrogen (secondary N) is 3. The fraction of sp³-hybridized carbons (Fsp3) is 0.318. The third-order valence-electron chi connectivity index (χ3n) is 4.50. The van der Waals surface area contributed by atoms with E-state index in [1.54, 1.807) is 6.07 Å². The second kappa shape index (κ2) is 11.3. The molecule has 0 saturated carbocycles. The van der Waals surface area contributed by atoms with Crippen molar-refractivity contribution in [1.82, 2.24) is 15.0 Å². The lowest BCUT2D eigenvalue weighted by atomic mass is 10.1.